The summed E-state index contributed by atoms with van der Waals surface area (Å²) in [5.41, 5.74) is 5.51. The second-order valence-corrected chi connectivity index (χ2v) is 8.71. The van der Waals surface area contributed by atoms with Crippen LogP contribution in [0.1, 0.15) is 35.1 Å². The number of rotatable bonds is 9. The van der Waals surface area contributed by atoms with Crippen molar-refractivity contribution in [3.8, 4) is 23.0 Å². The fourth-order valence-electron chi connectivity index (χ4n) is 4.94. The highest BCUT2D eigenvalue weighted by atomic mass is 16.5. The summed E-state index contributed by atoms with van der Waals surface area (Å²) in [5, 5.41) is 0. The van der Waals surface area contributed by atoms with E-state index in [9.17, 15) is 0 Å². The van der Waals surface area contributed by atoms with E-state index in [0.29, 0.717) is 0 Å². The van der Waals surface area contributed by atoms with E-state index in [2.05, 4.69) is 34.1 Å². The molecule has 0 saturated heterocycles. The molecule has 0 unspecified atom stereocenters. The van der Waals surface area contributed by atoms with Gasteiger partial charge in [-0.1, -0.05) is 0 Å². The van der Waals surface area contributed by atoms with Gasteiger partial charge in [-0.3, -0.25) is 9.80 Å². The average Bonchev–Trinajstić information content (AvgIpc) is 2.84. The van der Waals surface area contributed by atoms with Crippen LogP contribution in [0, 0.1) is 0 Å². The molecule has 0 spiro atoms. The molecule has 2 aromatic carbocycles. The van der Waals surface area contributed by atoms with Gasteiger partial charge >= 0.3 is 0 Å². The van der Waals surface area contributed by atoms with Gasteiger partial charge < -0.3 is 18.9 Å². The molecule has 2 aliphatic rings. The highest BCUT2D eigenvalue weighted by Gasteiger charge is 2.21. The van der Waals surface area contributed by atoms with E-state index in [4.69, 9.17) is 18.9 Å². The van der Waals surface area contributed by atoms with E-state index in [1.807, 2.05) is 0 Å². The maximum absolute atomic E-state index is 5.49. The number of nitrogens with zero attached hydrogens (tertiary/aromatic N) is 2. The molecule has 0 N–H and O–H groups in total. The Hall–Kier alpha value is -2.44. The summed E-state index contributed by atoms with van der Waals surface area (Å²) in [4.78, 5) is 5.13. The lowest BCUT2D eigenvalue weighted by molar-refractivity contribution is 0.221. The molecule has 0 radical (unpaired) electrons. The molecule has 0 amide bonds. The first kappa shape index (κ1) is 22.7. The molecule has 2 aromatic rings. The number of hydrogen-bond acceptors (Lipinski definition) is 6. The molecule has 0 fully saturated rings. The first-order chi connectivity index (χ1) is 15.6. The molecule has 0 atom stereocenters. The third-order valence-electron chi connectivity index (χ3n) is 6.79. The van der Waals surface area contributed by atoms with Gasteiger partial charge in [0, 0.05) is 26.2 Å². The summed E-state index contributed by atoms with van der Waals surface area (Å²) in [6, 6.07) is 8.58. The fourth-order valence-corrected chi connectivity index (χ4v) is 4.94. The summed E-state index contributed by atoms with van der Waals surface area (Å²) in [7, 11) is 6.81. The zero-order valence-electron chi connectivity index (χ0n) is 19.9. The third-order valence-corrected chi connectivity index (χ3v) is 6.79. The number of unbranched alkanes of at least 4 members (excludes halogenated alkanes) is 1. The molecule has 2 heterocycles. The number of benzene rings is 2. The molecule has 174 valence electrons. The van der Waals surface area contributed by atoms with E-state index in [0.717, 1.165) is 75.1 Å². The summed E-state index contributed by atoms with van der Waals surface area (Å²) in [6.45, 7) is 6.50. The summed E-state index contributed by atoms with van der Waals surface area (Å²) < 4.78 is 21.9. The minimum Gasteiger partial charge on any atom is -0.493 e. The summed E-state index contributed by atoms with van der Waals surface area (Å²) in [5.74, 6) is 3.32. The van der Waals surface area contributed by atoms with Crippen LogP contribution < -0.4 is 18.9 Å². The van der Waals surface area contributed by atoms with Gasteiger partial charge in [0.15, 0.2) is 23.0 Å². The van der Waals surface area contributed by atoms with Crippen molar-refractivity contribution in [2.45, 2.75) is 38.8 Å². The van der Waals surface area contributed by atoms with Crippen molar-refractivity contribution in [2.24, 2.45) is 0 Å². The number of ether oxygens (including phenoxy) is 4. The molecule has 0 bridgehead atoms. The van der Waals surface area contributed by atoms with Gasteiger partial charge in [0.05, 0.1) is 28.4 Å². The van der Waals surface area contributed by atoms with Gasteiger partial charge in [-0.2, -0.15) is 0 Å². The molecule has 0 aromatic heterocycles. The third kappa shape index (κ3) is 4.97. The second kappa shape index (κ2) is 10.5. The van der Waals surface area contributed by atoms with Crippen molar-refractivity contribution in [3.05, 3.63) is 46.5 Å². The average molecular weight is 441 g/mol. The number of fused-ring (bicyclic) bond motifs is 2. The second-order valence-electron chi connectivity index (χ2n) is 8.71. The monoisotopic (exact) mass is 440 g/mol. The smallest absolute Gasteiger partial charge is 0.161 e. The zero-order chi connectivity index (χ0) is 22.5. The molecular formula is C26H36N2O4. The van der Waals surface area contributed by atoms with E-state index in [-0.39, 0.29) is 0 Å². The number of methoxy groups -OCH3 is 4. The molecule has 6 heteroatoms. The largest absolute Gasteiger partial charge is 0.493 e. The molecular weight excluding hydrogens is 404 g/mol. The lowest BCUT2D eigenvalue weighted by atomic mass is 9.98. The van der Waals surface area contributed by atoms with Crippen molar-refractivity contribution in [1.82, 2.24) is 9.80 Å². The van der Waals surface area contributed by atoms with Crippen LogP contribution in [0.3, 0.4) is 0 Å². The maximum atomic E-state index is 5.49. The van der Waals surface area contributed by atoms with Crippen molar-refractivity contribution < 1.29 is 18.9 Å². The lowest BCUT2D eigenvalue weighted by Crippen LogP contribution is -2.33. The Kier molecular flexibility index (Phi) is 7.43. The van der Waals surface area contributed by atoms with Crippen LogP contribution in [0.2, 0.25) is 0 Å². The molecule has 0 aliphatic carbocycles. The summed E-state index contributed by atoms with van der Waals surface area (Å²) in [6.07, 6.45) is 4.59. The summed E-state index contributed by atoms with van der Waals surface area (Å²) >= 11 is 0. The number of hydrogen-bond donors (Lipinski definition) is 0. The van der Waals surface area contributed by atoms with Crippen molar-refractivity contribution in [3.63, 3.8) is 0 Å². The van der Waals surface area contributed by atoms with Gasteiger partial charge in [-0.25, -0.2) is 0 Å². The molecule has 4 rings (SSSR count). The van der Waals surface area contributed by atoms with Crippen LogP contribution in [-0.4, -0.2) is 64.4 Å². The Morgan fingerprint density at radius 1 is 0.562 bits per heavy atom. The minimum atomic E-state index is 0.827. The highest BCUT2D eigenvalue weighted by Crippen LogP contribution is 2.34. The van der Waals surface area contributed by atoms with Crippen LogP contribution in [0.25, 0.3) is 0 Å². The predicted octanol–water partition coefficient (Wildman–Crippen LogP) is 3.92. The molecule has 6 nitrogen and oxygen atoms in total. The zero-order valence-corrected chi connectivity index (χ0v) is 19.9. The Bertz CT molecular complexity index is 855. The quantitative estimate of drug-likeness (QED) is 0.551. The highest BCUT2D eigenvalue weighted by molar-refractivity contribution is 5.49. The normalized spacial score (nSPS) is 16.2. The topological polar surface area (TPSA) is 43.4 Å². The fraction of sp³-hybridized carbons (Fsp3) is 0.538. The molecule has 2 aliphatic heterocycles. The Balaban J connectivity index is 1.25. The van der Waals surface area contributed by atoms with Crippen LogP contribution in [0.15, 0.2) is 24.3 Å². The van der Waals surface area contributed by atoms with Crippen LogP contribution >= 0.6 is 0 Å². The van der Waals surface area contributed by atoms with Gasteiger partial charge in [0.25, 0.3) is 0 Å². The Labute approximate surface area is 192 Å². The van der Waals surface area contributed by atoms with Crippen molar-refractivity contribution in [2.75, 3.05) is 54.6 Å². The van der Waals surface area contributed by atoms with E-state index in [1.54, 1.807) is 28.4 Å². The predicted molar refractivity (Wildman–Crippen MR) is 126 cm³/mol. The van der Waals surface area contributed by atoms with E-state index >= 15 is 0 Å². The van der Waals surface area contributed by atoms with Gasteiger partial charge in [-0.05, 0) is 85.3 Å². The van der Waals surface area contributed by atoms with Crippen molar-refractivity contribution in [1.29, 1.82) is 0 Å². The molecule has 0 saturated carbocycles. The van der Waals surface area contributed by atoms with E-state index < -0.39 is 0 Å². The first-order valence-corrected chi connectivity index (χ1v) is 11.6. The molecule has 32 heavy (non-hydrogen) atoms. The minimum absolute atomic E-state index is 0.827. The Morgan fingerprint density at radius 3 is 1.25 bits per heavy atom. The van der Waals surface area contributed by atoms with Gasteiger partial charge in [0.1, 0.15) is 0 Å². The van der Waals surface area contributed by atoms with E-state index in [1.165, 1.54) is 35.1 Å². The van der Waals surface area contributed by atoms with Gasteiger partial charge in [0.2, 0.25) is 0 Å². The lowest BCUT2D eigenvalue weighted by Gasteiger charge is -2.31. The maximum Gasteiger partial charge on any atom is 0.161 e. The first-order valence-electron chi connectivity index (χ1n) is 11.6. The standard InChI is InChI=1S/C26H36N2O4/c1-29-23-13-19-7-11-27(17-21(19)15-25(23)31-3)9-5-6-10-28-12-8-20-14-24(30-2)26(32-4)16-22(20)18-28/h13-16H,5-12,17-18H2,1-4H3. The van der Waals surface area contributed by atoms with Crippen LogP contribution in [0.5, 0.6) is 23.0 Å². The Morgan fingerprint density at radius 2 is 0.906 bits per heavy atom. The SMILES string of the molecule is COc1cc2c(cc1OC)CN(CCCCN1CCc3cc(OC)c(OC)cc3C1)CC2. The van der Waals surface area contributed by atoms with Gasteiger partial charge in [-0.15, -0.1) is 0 Å². The van der Waals surface area contributed by atoms with Crippen LogP contribution in [-0.2, 0) is 25.9 Å². The van der Waals surface area contributed by atoms with Crippen LogP contribution in [0.4, 0.5) is 0 Å². The van der Waals surface area contributed by atoms with Crippen molar-refractivity contribution >= 4 is 0 Å².